The average Bonchev–Trinajstić information content (AvgIpc) is 3.53. The SMILES string of the molecule is CC(C)c1ccc(-c2cn3nc(N4CCC(C(=O)N5CCN(C6CCN(C)CC6)CC5)CC4)sc3n2)cc1. The zero-order chi connectivity index (χ0) is 26.2. The lowest BCUT2D eigenvalue weighted by Crippen LogP contribution is -2.55. The molecule has 0 aliphatic carbocycles. The fourth-order valence-electron chi connectivity index (χ4n) is 6.24. The second-order valence-electron chi connectivity index (χ2n) is 11.7. The Hall–Kier alpha value is -2.49. The van der Waals surface area contributed by atoms with Gasteiger partial charge >= 0.3 is 0 Å². The standard InChI is InChI=1S/C29H41N7OS/c1-21(2)22-4-6-23(7-5-22)26-20-36-28(30-26)38-29(31-36)35-14-8-24(9-15-35)27(37)34-18-16-33(17-19-34)25-10-12-32(3)13-11-25/h4-7,20-21,24-25H,8-19H2,1-3H3. The summed E-state index contributed by atoms with van der Waals surface area (Å²) in [5, 5.41) is 5.85. The van der Waals surface area contributed by atoms with Crippen molar-refractivity contribution in [2.24, 2.45) is 5.92 Å². The van der Waals surface area contributed by atoms with E-state index in [1.165, 1.54) is 31.5 Å². The minimum absolute atomic E-state index is 0.144. The van der Waals surface area contributed by atoms with Gasteiger partial charge in [-0.15, -0.1) is 5.10 Å². The lowest BCUT2D eigenvalue weighted by atomic mass is 9.95. The summed E-state index contributed by atoms with van der Waals surface area (Å²) in [7, 11) is 2.22. The number of carbonyl (C=O) groups excluding carboxylic acids is 1. The molecule has 1 amide bonds. The highest BCUT2D eigenvalue weighted by Crippen LogP contribution is 2.31. The van der Waals surface area contributed by atoms with Gasteiger partial charge in [0.2, 0.25) is 16.0 Å². The van der Waals surface area contributed by atoms with E-state index < -0.39 is 0 Å². The van der Waals surface area contributed by atoms with Crippen molar-refractivity contribution in [1.29, 1.82) is 0 Å². The third kappa shape index (κ3) is 5.33. The van der Waals surface area contributed by atoms with Gasteiger partial charge in [-0.25, -0.2) is 9.50 Å². The third-order valence-electron chi connectivity index (χ3n) is 8.85. The normalized spacial score (nSPS) is 21.2. The van der Waals surface area contributed by atoms with E-state index in [4.69, 9.17) is 10.1 Å². The van der Waals surface area contributed by atoms with E-state index in [0.29, 0.717) is 17.9 Å². The van der Waals surface area contributed by atoms with Gasteiger partial charge in [0.1, 0.15) is 0 Å². The molecule has 0 saturated carbocycles. The Morgan fingerprint density at radius 3 is 2.24 bits per heavy atom. The number of benzene rings is 1. The van der Waals surface area contributed by atoms with Crippen molar-refractivity contribution in [3.63, 3.8) is 0 Å². The van der Waals surface area contributed by atoms with Crippen LogP contribution in [0, 0.1) is 5.92 Å². The molecule has 0 radical (unpaired) electrons. The molecule has 5 heterocycles. The molecule has 38 heavy (non-hydrogen) atoms. The van der Waals surface area contributed by atoms with Crippen LogP contribution in [0.25, 0.3) is 16.2 Å². The highest BCUT2D eigenvalue weighted by molar-refractivity contribution is 7.20. The van der Waals surface area contributed by atoms with Gasteiger partial charge in [-0.1, -0.05) is 49.4 Å². The van der Waals surface area contributed by atoms with Crippen molar-refractivity contribution < 1.29 is 4.79 Å². The first-order valence-electron chi connectivity index (χ1n) is 14.4. The van der Waals surface area contributed by atoms with E-state index in [1.807, 2.05) is 10.7 Å². The lowest BCUT2D eigenvalue weighted by molar-refractivity contribution is -0.138. The molecule has 0 spiro atoms. The summed E-state index contributed by atoms with van der Waals surface area (Å²) in [4.78, 5) is 28.6. The molecule has 3 aliphatic heterocycles. The maximum atomic E-state index is 13.3. The molecule has 0 bridgehead atoms. The second kappa shape index (κ2) is 10.9. The molecule has 0 atom stereocenters. The minimum Gasteiger partial charge on any atom is -0.347 e. The number of piperidine rings is 2. The first-order chi connectivity index (χ1) is 18.4. The number of anilines is 1. The zero-order valence-electron chi connectivity index (χ0n) is 23.1. The topological polar surface area (TPSA) is 60.2 Å². The Kier molecular flexibility index (Phi) is 7.42. The smallest absolute Gasteiger partial charge is 0.225 e. The molecule has 6 rings (SSSR count). The number of imidazole rings is 1. The predicted octanol–water partition coefficient (Wildman–Crippen LogP) is 4.04. The van der Waals surface area contributed by atoms with Crippen LogP contribution in [-0.2, 0) is 4.79 Å². The van der Waals surface area contributed by atoms with Crippen molar-refractivity contribution in [2.75, 3.05) is 64.3 Å². The maximum absolute atomic E-state index is 13.3. The highest BCUT2D eigenvalue weighted by atomic mass is 32.1. The summed E-state index contributed by atoms with van der Waals surface area (Å²) in [6.07, 6.45) is 6.36. The Morgan fingerprint density at radius 1 is 0.921 bits per heavy atom. The molecule has 8 nitrogen and oxygen atoms in total. The van der Waals surface area contributed by atoms with Gasteiger partial charge in [-0.3, -0.25) is 9.69 Å². The summed E-state index contributed by atoms with van der Waals surface area (Å²) in [5.41, 5.74) is 3.43. The maximum Gasteiger partial charge on any atom is 0.225 e. The molecule has 9 heteroatoms. The highest BCUT2D eigenvalue weighted by Gasteiger charge is 2.33. The first-order valence-corrected chi connectivity index (χ1v) is 15.2. The van der Waals surface area contributed by atoms with Gasteiger partial charge in [0, 0.05) is 56.8 Å². The Bertz CT molecular complexity index is 1200. The third-order valence-corrected chi connectivity index (χ3v) is 9.83. The number of amides is 1. The summed E-state index contributed by atoms with van der Waals surface area (Å²) in [5.74, 6) is 1.04. The van der Waals surface area contributed by atoms with E-state index in [1.54, 1.807) is 11.3 Å². The molecular formula is C29H41N7OS. The van der Waals surface area contributed by atoms with Crippen LogP contribution in [0.3, 0.4) is 0 Å². The van der Waals surface area contributed by atoms with Crippen LogP contribution in [0.1, 0.15) is 51.0 Å². The van der Waals surface area contributed by atoms with Gasteiger partial charge in [0.15, 0.2) is 0 Å². The minimum atomic E-state index is 0.144. The van der Waals surface area contributed by atoms with Crippen molar-refractivity contribution in [2.45, 2.75) is 51.5 Å². The zero-order valence-corrected chi connectivity index (χ0v) is 23.9. The van der Waals surface area contributed by atoms with Crippen LogP contribution in [-0.4, -0.2) is 101 Å². The van der Waals surface area contributed by atoms with Crippen molar-refractivity contribution in [3.05, 3.63) is 36.0 Å². The van der Waals surface area contributed by atoms with Gasteiger partial charge in [0.05, 0.1) is 11.9 Å². The van der Waals surface area contributed by atoms with E-state index in [-0.39, 0.29) is 5.92 Å². The number of hydrogen-bond donors (Lipinski definition) is 0. The second-order valence-corrected chi connectivity index (χ2v) is 12.6. The van der Waals surface area contributed by atoms with Crippen LogP contribution < -0.4 is 4.90 Å². The number of aromatic nitrogens is 3. The molecule has 2 aromatic heterocycles. The largest absolute Gasteiger partial charge is 0.347 e. The molecule has 0 unspecified atom stereocenters. The Balaban J connectivity index is 1.01. The van der Waals surface area contributed by atoms with Crippen LogP contribution in [0.2, 0.25) is 0 Å². The predicted molar refractivity (Wildman–Crippen MR) is 154 cm³/mol. The van der Waals surface area contributed by atoms with Gasteiger partial charge in [-0.05, 0) is 57.3 Å². The Morgan fingerprint density at radius 2 is 1.61 bits per heavy atom. The summed E-state index contributed by atoms with van der Waals surface area (Å²) in [6, 6.07) is 9.38. The number of nitrogens with zero attached hydrogens (tertiary/aromatic N) is 7. The van der Waals surface area contributed by atoms with Crippen LogP contribution in [0.5, 0.6) is 0 Å². The number of fused-ring (bicyclic) bond motifs is 1. The number of rotatable bonds is 5. The fourth-order valence-corrected chi connectivity index (χ4v) is 7.17. The van der Waals surface area contributed by atoms with Gasteiger partial charge in [-0.2, -0.15) is 0 Å². The van der Waals surface area contributed by atoms with Gasteiger partial charge in [0.25, 0.3) is 0 Å². The van der Waals surface area contributed by atoms with Crippen LogP contribution >= 0.6 is 11.3 Å². The quantitative estimate of drug-likeness (QED) is 0.492. The monoisotopic (exact) mass is 535 g/mol. The fraction of sp³-hybridized carbons (Fsp3) is 0.621. The molecule has 0 N–H and O–H groups in total. The van der Waals surface area contributed by atoms with Crippen molar-refractivity contribution in [1.82, 2.24) is 29.3 Å². The number of carbonyl (C=O) groups is 1. The summed E-state index contributed by atoms with van der Waals surface area (Å²) in [6.45, 7) is 12.4. The summed E-state index contributed by atoms with van der Waals surface area (Å²) >= 11 is 1.64. The molecular weight excluding hydrogens is 494 g/mol. The molecule has 3 fully saturated rings. The Labute approximate surface area is 230 Å². The van der Waals surface area contributed by atoms with E-state index in [2.05, 4.69) is 64.8 Å². The van der Waals surface area contributed by atoms with E-state index in [9.17, 15) is 4.79 Å². The molecule has 1 aromatic carbocycles. The first kappa shape index (κ1) is 25.8. The van der Waals surface area contributed by atoms with E-state index >= 15 is 0 Å². The molecule has 204 valence electrons. The number of hydrogen-bond acceptors (Lipinski definition) is 7. The summed E-state index contributed by atoms with van der Waals surface area (Å²) < 4.78 is 1.91. The van der Waals surface area contributed by atoms with Crippen molar-refractivity contribution >= 4 is 27.3 Å². The molecule has 3 aromatic rings. The number of likely N-dealkylation sites (tertiary alicyclic amines) is 1. The lowest BCUT2D eigenvalue weighted by Gasteiger charge is -2.43. The van der Waals surface area contributed by atoms with Crippen molar-refractivity contribution in [3.8, 4) is 11.3 Å². The number of piperazine rings is 1. The van der Waals surface area contributed by atoms with Crippen LogP contribution in [0.15, 0.2) is 30.5 Å². The molecule has 3 aliphatic rings. The van der Waals surface area contributed by atoms with Gasteiger partial charge < -0.3 is 14.7 Å². The average molecular weight is 536 g/mol. The molecule has 3 saturated heterocycles. The van der Waals surface area contributed by atoms with Crippen LogP contribution in [0.4, 0.5) is 5.13 Å². The van der Waals surface area contributed by atoms with E-state index in [0.717, 1.165) is 73.5 Å².